The van der Waals surface area contributed by atoms with Crippen molar-refractivity contribution in [2.24, 2.45) is 18.7 Å². The molecule has 0 bridgehead atoms. The highest BCUT2D eigenvalue weighted by Crippen LogP contribution is 2.16. The van der Waals surface area contributed by atoms with Crippen LogP contribution in [0.3, 0.4) is 0 Å². The van der Waals surface area contributed by atoms with Crippen molar-refractivity contribution in [1.82, 2.24) is 4.57 Å². The fourth-order valence-electron chi connectivity index (χ4n) is 1.65. The van der Waals surface area contributed by atoms with E-state index < -0.39 is 0 Å². The Kier molecular flexibility index (Phi) is 3.15. The Morgan fingerprint density at radius 2 is 2.08 bits per heavy atom. The molecule has 1 heterocycles. The van der Waals surface area contributed by atoms with Crippen molar-refractivity contribution < 1.29 is 0 Å². The molecule has 0 spiro atoms. The molecule has 0 saturated heterocycles. The third-order valence-electron chi connectivity index (χ3n) is 2.58. The van der Waals surface area contributed by atoms with Crippen LogP contribution in [-0.2, 0) is 20.0 Å². The van der Waals surface area contributed by atoms with Gasteiger partial charge in [0.25, 0.3) is 0 Å². The van der Waals surface area contributed by atoms with Gasteiger partial charge in [-0.1, -0.05) is 13.8 Å². The highest BCUT2D eigenvalue weighted by molar-refractivity contribution is 5.27. The van der Waals surface area contributed by atoms with Crippen LogP contribution in [0, 0.1) is 12.8 Å². The van der Waals surface area contributed by atoms with Crippen molar-refractivity contribution >= 4 is 0 Å². The van der Waals surface area contributed by atoms with Crippen LogP contribution in [0.15, 0.2) is 6.07 Å². The van der Waals surface area contributed by atoms with E-state index >= 15 is 0 Å². The van der Waals surface area contributed by atoms with Crippen molar-refractivity contribution in [2.75, 3.05) is 0 Å². The van der Waals surface area contributed by atoms with E-state index in [1.807, 2.05) is 0 Å². The number of nitrogens with zero attached hydrogens (tertiary/aromatic N) is 1. The fourth-order valence-corrected chi connectivity index (χ4v) is 1.65. The van der Waals surface area contributed by atoms with Crippen LogP contribution in [0.2, 0.25) is 0 Å². The maximum Gasteiger partial charge on any atom is 0.0196 e. The van der Waals surface area contributed by atoms with Crippen LogP contribution in [0.4, 0.5) is 0 Å². The van der Waals surface area contributed by atoms with Gasteiger partial charge in [0.05, 0.1) is 0 Å². The lowest BCUT2D eigenvalue weighted by molar-refractivity contribution is 0.613. The lowest BCUT2D eigenvalue weighted by Gasteiger charge is -2.07. The van der Waals surface area contributed by atoms with Crippen LogP contribution in [0.5, 0.6) is 0 Å². The van der Waals surface area contributed by atoms with Gasteiger partial charge < -0.3 is 10.3 Å². The molecule has 0 amide bonds. The first-order chi connectivity index (χ1) is 6.06. The molecular weight excluding hydrogens is 160 g/mol. The van der Waals surface area contributed by atoms with Crippen LogP contribution < -0.4 is 5.73 Å². The molecule has 0 fully saturated rings. The lowest BCUT2D eigenvalue weighted by atomic mass is 10.1. The van der Waals surface area contributed by atoms with Gasteiger partial charge in [0, 0.05) is 25.0 Å². The van der Waals surface area contributed by atoms with Crippen molar-refractivity contribution in [3.63, 3.8) is 0 Å². The van der Waals surface area contributed by atoms with Gasteiger partial charge in [-0.2, -0.15) is 0 Å². The van der Waals surface area contributed by atoms with Gasteiger partial charge in [0.2, 0.25) is 0 Å². The number of hydrogen-bond acceptors (Lipinski definition) is 1. The van der Waals surface area contributed by atoms with Gasteiger partial charge in [-0.15, -0.1) is 0 Å². The Balaban J connectivity index is 2.95. The molecule has 0 aliphatic carbocycles. The van der Waals surface area contributed by atoms with Gasteiger partial charge in [-0.25, -0.2) is 0 Å². The van der Waals surface area contributed by atoms with E-state index in [2.05, 4.69) is 38.5 Å². The molecule has 1 aromatic rings. The van der Waals surface area contributed by atoms with Crippen molar-refractivity contribution in [3.8, 4) is 0 Å². The van der Waals surface area contributed by atoms with Crippen LogP contribution in [0.25, 0.3) is 0 Å². The standard InChI is InChI=1S/C11H20N2/c1-8(2)5-11-6-10(7-12)9(3)13(11)4/h6,8H,5,7,12H2,1-4H3. The van der Waals surface area contributed by atoms with Crippen molar-refractivity contribution in [2.45, 2.75) is 33.7 Å². The van der Waals surface area contributed by atoms with Crippen LogP contribution in [0.1, 0.15) is 30.8 Å². The summed E-state index contributed by atoms with van der Waals surface area (Å²) in [6.07, 6.45) is 1.14. The highest BCUT2D eigenvalue weighted by atomic mass is 15.0. The van der Waals surface area contributed by atoms with Gasteiger partial charge in [0.1, 0.15) is 0 Å². The van der Waals surface area contributed by atoms with E-state index in [9.17, 15) is 0 Å². The minimum absolute atomic E-state index is 0.651. The predicted octanol–water partition coefficient (Wildman–Crippen LogP) is 1.99. The Hall–Kier alpha value is -0.760. The van der Waals surface area contributed by atoms with E-state index in [1.165, 1.54) is 17.0 Å². The molecular formula is C11H20N2. The minimum atomic E-state index is 0.651. The highest BCUT2D eigenvalue weighted by Gasteiger charge is 2.08. The van der Waals surface area contributed by atoms with Gasteiger partial charge in [0.15, 0.2) is 0 Å². The van der Waals surface area contributed by atoms with E-state index in [0.29, 0.717) is 12.5 Å². The molecule has 0 saturated carbocycles. The van der Waals surface area contributed by atoms with Crippen LogP contribution >= 0.6 is 0 Å². The number of hydrogen-bond donors (Lipinski definition) is 1. The fraction of sp³-hybridized carbons (Fsp3) is 0.636. The average molecular weight is 180 g/mol. The summed E-state index contributed by atoms with van der Waals surface area (Å²) in [6, 6.07) is 2.23. The van der Waals surface area contributed by atoms with E-state index in [4.69, 9.17) is 5.73 Å². The molecule has 0 aliphatic rings. The minimum Gasteiger partial charge on any atom is -0.352 e. The van der Waals surface area contributed by atoms with Gasteiger partial charge in [-0.05, 0) is 30.9 Å². The molecule has 0 radical (unpaired) electrons. The second kappa shape index (κ2) is 3.97. The number of aromatic nitrogens is 1. The molecule has 13 heavy (non-hydrogen) atoms. The number of rotatable bonds is 3. The Morgan fingerprint density at radius 1 is 1.46 bits per heavy atom. The van der Waals surface area contributed by atoms with E-state index in [1.54, 1.807) is 0 Å². The maximum atomic E-state index is 5.65. The molecule has 0 aromatic carbocycles. The lowest BCUT2D eigenvalue weighted by Crippen LogP contribution is -2.02. The zero-order valence-corrected chi connectivity index (χ0v) is 9.09. The van der Waals surface area contributed by atoms with Crippen molar-refractivity contribution in [3.05, 3.63) is 23.0 Å². The van der Waals surface area contributed by atoms with E-state index in [0.717, 1.165) is 6.42 Å². The first-order valence-corrected chi connectivity index (χ1v) is 4.90. The zero-order valence-electron chi connectivity index (χ0n) is 9.09. The Labute approximate surface area is 80.7 Å². The molecule has 1 aromatic heterocycles. The normalized spacial score (nSPS) is 11.2. The monoisotopic (exact) mass is 180 g/mol. The summed E-state index contributed by atoms with van der Waals surface area (Å²) in [5.74, 6) is 0.707. The third-order valence-corrected chi connectivity index (χ3v) is 2.58. The largest absolute Gasteiger partial charge is 0.352 e. The second-order valence-electron chi connectivity index (χ2n) is 4.11. The molecule has 0 atom stereocenters. The quantitative estimate of drug-likeness (QED) is 0.757. The predicted molar refractivity (Wildman–Crippen MR) is 56.6 cm³/mol. The Bertz CT molecular complexity index is 285. The molecule has 2 heteroatoms. The summed E-state index contributed by atoms with van der Waals surface area (Å²) >= 11 is 0. The molecule has 2 nitrogen and oxygen atoms in total. The SMILES string of the molecule is Cc1c(CN)cc(CC(C)C)n1C. The first-order valence-electron chi connectivity index (χ1n) is 4.90. The average Bonchev–Trinajstić information content (AvgIpc) is 2.32. The van der Waals surface area contributed by atoms with Crippen LogP contribution in [-0.4, -0.2) is 4.57 Å². The maximum absolute atomic E-state index is 5.65. The van der Waals surface area contributed by atoms with Crippen molar-refractivity contribution in [1.29, 1.82) is 0 Å². The zero-order chi connectivity index (χ0) is 10.0. The Morgan fingerprint density at radius 3 is 2.46 bits per heavy atom. The first kappa shape index (κ1) is 10.3. The summed E-state index contributed by atoms with van der Waals surface area (Å²) in [4.78, 5) is 0. The summed E-state index contributed by atoms with van der Waals surface area (Å²) < 4.78 is 2.25. The molecule has 74 valence electrons. The smallest absolute Gasteiger partial charge is 0.0196 e. The summed E-state index contributed by atoms with van der Waals surface area (Å²) in [7, 11) is 2.12. The second-order valence-corrected chi connectivity index (χ2v) is 4.11. The summed E-state index contributed by atoms with van der Waals surface area (Å²) in [6.45, 7) is 7.26. The molecule has 2 N–H and O–H groups in total. The summed E-state index contributed by atoms with van der Waals surface area (Å²) in [5, 5.41) is 0. The van der Waals surface area contributed by atoms with Gasteiger partial charge >= 0.3 is 0 Å². The topological polar surface area (TPSA) is 30.9 Å². The number of nitrogens with two attached hydrogens (primary N) is 1. The molecule has 1 rings (SSSR count). The third kappa shape index (κ3) is 2.13. The van der Waals surface area contributed by atoms with Gasteiger partial charge in [-0.3, -0.25) is 0 Å². The summed E-state index contributed by atoms with van der Waals surface area (Å²) in [5.41, 5.74) is 9.63. The van der Waals surface area contributed by atoms with E-state index in [-0.39, 0.29) is 0 Å². The molecule has 0 aliphatic heterocycles. The molecule has 0 unspecified atom stereocenters.